The average Bonchev–Trinajstić information content (AvgIpc) is 2.95. The van der Waals surface area contributed by atoms with Crippen LogP contribution in [0.3, 0.4) is 0 Å². The maximum absolute atomic E-state index is 12.8. The van der Waals surface area contributed by atoms with Gasteiger partial charge < -0.3 is 14.7 Å². The van der Waals surface area contributed by atoms with Crippen molar-refractivity contribution in [2.45, 2.75) is 31.5 Å². The Morgan fingerprint density at radius 2 is 2.00 bits per heavy atom. The second kappa shape index (κ2) is 5.59. The van der Waals surface area contributed by atoms with Crippen LogP contribution in [-0.2, 0) is 14.3 Å². The van der Waals surface area contributed by atoms with Crippen LogP contribution in [-0.4, -0.2) is 53.9 Å². The van der Waals surface area contributed by atoms with E-state index in [-0.39, 0.29) is 19.1 Å². The van der Waals surface area contributed by atoms with Crippen LogP contribution < -0.4 is 0 Å². The number of aliphatic carboxylic acids is 1. The van der Waals surface area contributed by atoms with E-state index in [9.17, 15) is 22.8 Å². The lowest BCUT2D eigenvalue weighted by Gasteiger charge is -2.19. The highest BCUT2D eigenvalue weighted by molar-refractivity contribution is 5.79. The van der Waals surface area contributed by atoms with E-state index in [4.69, 9.17) is 9.84 Å². The van der Waals surface area contributed by atoms with Crippen molar-refractivity contribution in [2.75, 3.05) is 19.7 Å². The smallest absolute Gasteiger partial charge is 0.394 e. The maximum atomic E-state index is 12.8. The maximum Gasteiger partial charge on any atom is 0.394 e. The van der Waals surface area contributed by atoms with E-state index in [0.717, 1.165) is 11.3 Å². The van der Waals surface area contributed by atoms with Crippen molar-refractivity contribution in [3.63, 3.8) is 0 Å². The number of carboxylic acids is 1. The van der Waals surface area contributed by atoms with E-state index in [0.29, 0.717) is 13.0 Å². The number of likely N-dealkylation sites (tertiary alicyclic amines) is 1. The zero-order valence-electron chi connectivity index (χ0n) is 10.7. The van der Waals surface area contributed by atoms with Gasteiger partial charge >= 0.3 is 12.1 Å². The Kier molecular flexibility index (Phi) is 4.22. The van der Waals surface area contributed by atoms with Crippen molar-refractivity contribution in [2.24, 2.45) is 11.8 Å². The van der Waals surface area contributed by atoms with Crippen molar-refractivity contribution < 1.29 is 32.6 Å². The van der Waals surface area contributed by atoms with Gasteiger partial charge in [-0.2, -0.15) is 13.2 Å². The van der Waals surface area contributed by atoms with Gasteiger partial charge in [0.05, 0.1) is 24.4 Å². The second-order valence-electron chi connectivity index (χ2n) is 5.23. The molecule has 0 bridgehead atoms. The molecule has 20 heavy (non-hydrogen) atoms. The van der Waals surface area contributed by atoms with Crippen LogP contribution in [0.1, 0.15) is 19.3 Å². The number of alkyl halides is 3. The predicted molar refractivity (Wildman–Crippen MR) is 60.8 cm³/mol. The summed E-state index contributed by atoms with van der Waals surface area (Å²) in [6.45, 7) is -0.405. The lowest BCUT2D eigenvalue weighted by molar-refractivity contribution is -0.188. The Labute approximate surface area is 113 Å². The summed E-state index contributed by atoms with van der Waals surface area (Å²) < 4.78 is 43.6. The zero-order valence-corrected chi connectivity index (χ0v) is 10.7. The molecule has 2 heterocycles. The molecule has 1 N–H and O–H groups in total. The number of hydrogen-bond acceptors (Lipinski definition) is 3. The lowest BCUT2D eigenvalue weighted by atomic mass is 9.96. The second-order valence-corrected chi connectivity index (χ2v) is 5.23. The molecule has 0 aromatic rings. The fourth-order valence-electron chi connectivity index (χ4n) is 2.72. The summed E-state index contributed by atoms with van der Waals surface area (Å²) in [7, 11) is 0. The van der Waals surface area contributed by atoms with Gasteiger partial charge in [0.2, 0.25) is 5.91 Å². The first-order chi connectivity index (χ1) is 9.29. The van der Waals surface area contributed by atoms with Crippen molar-refractivity contribution in [1.82, 2.24) is 4.90 Å². The summed E-state index contributed by atoms with van der Waals surface area (Å²) in [4.78, 5) is 23.8. The van der Waals surface area contributed by atoms with Crippen LogP contribution in [0.15, 0.2) is 0 Å². The summed E-state index contributed by atoms with van der Waals surface area (Å²) in [5.41, 5.74) is 0. The molecule has 2 fully saturated rings. The van der Waals surface area contributed by atoms with Crippen LogP contribution in [0.2, 0.25) is 0 Å². The first-order valence-corrected chi connectivity index (χ1v) is 6.48. The van der Waals surface area contributed by atoms with Crippen molar-refractivity contribution in [3.8, 4) is 0 Å². The van der Waals surface area contributed by atoms with Crippen LogP contribution in [0.25, 0.3) is 0 Å². The Balaban J connectivity index is 1.99. The van der Waals surface area contributed by atoms with Crippen molar-refractivity contribution >= 4 is 11.9 Å². The molecular weight excluding hydrogens is 279 g/mol. The fraction of sp³-hybridized carbons (Fsp3) is 0.833. The van der Waals surface area contributed by atoms with Gasteiger partial charge in [-0.1, -0.05) is 0 Å². The quantitative estimate of drug-likeness (QED) is 0.851. The number of hydrogen-bond donors (Lipinski definition) is 1. The largest absolute Gasteiger partial charge is 0.481 e. The molecule has 2 aliphatic heterocycles. The molecule has 1 unspecified atom stereocenters. The Morgan fingerprint density at radius 1 is 1.30 bits per heavy atom. The number of rotatable bonds is 3. The van der Waals surface area contributed by atoms with E-state index in [2.05, 4.69) is 0 Å². The number of halogens is 3. The number of carbonyl (C=O) groups excluding carboxylic acids is 1. The first kappa shape index (κ1) is 15.1. The van der Waals surface area contributed by atoms with Gasteiger partial charge in [0.1, 0.15) is 0 Å². The first-order valence-electron chi connectivity index (χ1n) is 6.48. The van der Waals surface area contributed by atoms with E-state index in [1.54, 1.807) is 0 Å². The number of amides is 1. The third kappa shape index (κ3) is 3.23. The van der Waals surface area contributed by atoms with Gasteiger partial charge in [-0.15, -0.1) is 0 Å². The predicted octanol–water partition coefficient (Wildman–Crippen LogP) is 1.28. The summed E-state index contributed by atoms with van der Waals surface area (Å²) in [6.07, 6.45) is -3.29. The van der Waals surface area contributed by atoms with Gasteiger partial charge in [-0.25, -0.2) is 0 Å². The highest BCUT2D eigenvalue weighted by atomic mass is 19.4. The molecule has 114 valence electrons. The summed E-state index contributed by atoms with van der Waals surface area (Å²) in [5, 5.41) is 8.87. The lowest BCUT2D eigenvalue weighted by Crippen LogP contribution is -2.34. The highest BCUT2D eigenvalue weighted by Crippen LogP contribution is 2.38. The minimum atomic E-state index is -4.61. The standard InChI is InChI=1S/C12H16F3NO4/c13-12(14,15)9-6-16(5-8(9)11(18)19)10(17)4-7-2-1-3-20-7/h7-9H,1-6H2,(H,18,19)/t7?,8-,9-/m1/s1. The van der Waals surface area contributed by atoms with Gasteiger partial charge in [-0.05, 0) is 12.8 Å². The van der Waals surface area contributed by atoms with Gasteiger partial charge in [-0.3, -0.25) is 9.59 Å². The van der Waals surface area contributed by atoms with Crippen LogP contribution >= 0.6 is 0 Å². The molecule has 2 aliphatic rings. The molecule has 0 spiro atoms. The Hall–Kier alpha value is -1.31. The van der Waals surface area contributed by atoms with Crippen molar-refractivity contribution in [3.05, 3.63) is 0 Å². The normalized spacial score (nSPS) is 30.8. The van der Waals surface area contributed by atoms with Crippen molar-refractivity contribution in [1.29, 1.82) is 0 Å². The van der Waals surface area contributed by atoms with Gasteiger partial charge in [0.15, 0.2) is 0 Å². The van der Waals surface area contributed by atoms with E-state index in [1.807, 2.05) is 0 Å². The molecule has 2 rings (SSSR count). The average molecular weight is 295 g/mol. The SMILES string of the molecule is O=C(O)[C@@H]1CN(C(=O)CC2CCCO2)C[C@H]1C(F)(F)F. The molecule has 1 amide bonds. The minimum absolute atomic E-state index is 0.0247. The Bertz CT molecular complexity index is 393. The molecule has 0 radical (unpaired) electrons. The summed E-state index contributed by atoms with van der Waals surface area (Å²) in [6, 6.07) is 0. The van der Waals surface area contributed by atoms with Gasteiger partial charge in [0.25, 0.3) is 0 Å². The molecule has 2 saturated heterocycles. The van der Waals surface area contributed by atoms with Crippen LogP contribution in [0, 0.1) is 11.8 Å². The Morgan fingerprint density at radius 3 is 2.45 bits per heavy atom. The molecule has 0 aromatic heterocycles. The molecule has 0 saturated carbocycles. The molecular formula is C12H16F3NO4. The molecule has 8 heteroatoms. The number of carbonyl (C=O) groups is 2. The molecule has 0 aromatic carbocycles. The number of carboxylic acid groups (broad SMARTS) is 1. The third-order valence-corrected chi connectivity index (χ3v) is 3.84. The third-order valence-electron chi connectivity index (χ3n) is 3.84. The van der Waals surface area contributed by atoms with E-state index in [1.165, 1.54) is 0 Å². The van der Waals surface area contributed by atoms with E-state index < -0.39 is 36.4 Å². The summed E-state index contributed by atoms with van der Waals surface area (Å²) in [5.74, 6) is -5.55. The van der Waals surface area contributed by atoms with Crippen LogP contribution in [0.4, 0.5) is 13.2 Å². The highest BCUT2D eigenvalue weighted by Gasteiger charge is 2.53. The molecule has 5 nitrogen and oxygen atoms in total. The van der Waals surface area contributed by atoms with Crippen LogP contribution in [0.5, 0.6) is 0 Å². The minimum Gasteiger partial charge on any atom is -0.481 e. The topological polar surface area (TPSA) is 66.8 Å². The zero-order chi connectivity index (χ0) is 14.9. The monoisotopic (exact) mass is 295 g/mol. The molecule has 0 aliphatic carbocycles. The molecule has 3 atom stereocenters. The summed E-state index contributed by atoms with van der Waals surface area (Å²) >= 11 is 0. The number of nitrogens with zero attached hydrogens (tertiary/aromatic N) is 1. The number of ether oxygens (including phenoxy) is 1. The fourth-order valence-corrected chi connectivity index (χ4v) is 2.72. The van der Waals surface area contributed by atoms with Gasteiger partial charge in [0, 0.05) is 19.7 Å². The van der Waals surface area contributed by atoms with E-state index >= 15 is 0 Å².